The third kappa shape index (κ3) is 8.90. The number of rotatable bonds is 12. The van der Waals surface area contributed by atoms with Crippen LogP contribution in [0.2, 0.25) is 0 Å². The van der Waals surface area contributed by atoms with E-state index in [2.05, 4.69) is 20.9 Å². The first-order valence-corrected chi connectivity index (χ1v) is 17.8. The molecule has 1 atom stereocenters. The normalized spacial score (nSPS) is 11.7. The number of hydrogen-bond donors (Lipinski definition) is 3. The van der Waals surface area contributed by atoms with Gasteiger partial charge in [-0.05, 0) is 82.6 Å². The second-order valence-electron chi connectivity index (χ2n) is 10.6. The quantitative estimate of drug-likeness (QED) is 0.0869. The lowest BCUT2D eigenvalue weighted by atomic mass is 10.1. The summed E-state index contributed by atoms with van der Waals surface area (Å²) >= 11 is 4.24. The minimum Gasteiger partial charge on any atom is -0.497 e. The lowest BCUT2D eigenvalue weighted by Crippen LogP contribution is -2.30. The van der Waals surface area contributed by atoms with Crippen LogP contribution in [0.1, 0.15) is 26.7 Å². The SMILES string of the molecule is COc1cccc(-c2csc(NC(=O)C(Sc3ccc(NC(=O)/C(=C/c4ccsc4)NC(=O)c4ccccc4)cc3)c3ccccc3)n2)c1. The Morgan fingerprint density at radius 1 is 0.837 bits per heavy atom. The second-order valence-corrected chi connectivity index (χ2v) is 13.4. The van der Waals surface area contributed by atoms with Gasteiger partial charge in [-0.3, -0.25) is 14.4 Å². The first-order chi connectivity index (χ1) is 23.9. The number of thiazole rings is 1. The van der Waals surface area contributed by atoms with Crippen molar-refractivity contribution < 1.29 is 19.1 Å². The van der Waals surface area contributed by atoms with Crippen LogP contribution >= 0.6 is 34.4 Å². The largest absolute Gasteiger partial charge is 0.497 e. The van der Waals surface area contributed by atoms with Gasteiger partial charge in [0.2, 0.25) is 5.91 Å². The second kappa shape index (κ2) is 16.1. The number of methoxy groups -OCH3 is 1. The fraction of sp³-hybridized carbons (Fsp3) is 0.0526. The van der Waals surface area contributed by atoms with Crippen molar-refractivity contribution in [3.8, 4) is 17.0 Å². The molecule has 0 aliphatic carbocycles. The number of aromatic nitrogens is 1. The molecule has 0 aliphatic heterocycles. The maximum Gasteiger partial charge on any atom is 0.272 e. The number of hydrogen-bond acceptors (Lipinski definition) is 8. The molecule has 0 fully saturated rings. The highest BCUT2D eigenvalue weighted by Gasteiger charge is 2.24. The van der Waals surface area contributed by atoms with Crippen LogP contribution in [0.15, 0.2) is 142 Å². The van der Waals surface area contributed by atoms with Gasteiger partial charge in [-0.15, -0.1) is 23.1 Å². The summed E-state index contributed by atoms with van der Waals surface area (Å²) in [5, 5.41) is 14.2. The number of amides is 3. The monoisotopic (exact) mass is 702 g/mol. The summed E-state index contributed by atoms with van der Waals surface area (Å²) in [5.74, 6) is -0.331. The van der Waals surface area contributed by atoms with Crippen LogP contribution in [0.5, 0.6) is 5.75 Å². The van der Waals surface area contributed by atoms with E-state index in [4.69, 9.17) is 4.74 Å². The van der Waals surface area contributed by atoms with E-state index in [9.17, 15) is 14.4 Å². The summed E-state index contributed by atoms with van der Waals surface area (Å²) in [6, 6.07) is 35.0. The zero-order chi connectivity index (χ0) is 34.0. The molecule has 0 aliphatic rings. The predicted octanol–water partition coefficient (Wildman–Crippen LogP) is 8.76. The van der Waals surface area contributed by atoms with Gasteiger partial charge in [-0.1, -0.05) is 60.7 Å². The van der Waals surface area contributed by atoms with Crippen LogP contribution in [-0.2, 0) is 9.59 Å². The Labute approximate surface area is 295 Å². The van der Waals surface area contributed by atoms with Gasteiger partial charge in [0.15, 0.2) is 5.13 Å². The molecule has 3 N–H and O–H groups in total. The van der Waals surface area contributed by atoms with Crippen LogP contribution in [0.4, 0.5) is 10.8 Å². The zero-order valence-electron chi connectivity index (χ0n) is 26.2. The van der Waals surface area contributed by atoms with Gasteiger partial charge in [0.1, 0.15) is 16.7 Å². The van der Waals surface area contributed by atoms with Crippen molar-refractivity contribution in [3.63, 3.8) is 0 Å². The van der Waals surface area contributed by atoms with Gasteiger partial charge in [-0.2, -0.15) is 11.3 Å². The van der Waals surface area contributed by atoms with E-state index >= 15 is 0 Å². The average molecular weight is 703 g/mol. The number of nitrogens with zero attached hydrogens (tertiary/aromatic N) is 1. The van der Waals surface area contributed by atoms with Crippen LogP contribution in [0, 0.1) is 0 Å². The standard InChI is InChI=1S/C38H30N4O4S3/c1-46-30-14-8-13-28(22-30)33-24-48-38(41-33)42-37(45)34(26-9-4-2-5-10-26)49-31-17-15-29(16-18-31)39-36(44)32(21-25-19-20-47-23-25)40-35(43)27-11-6-3-7-12-27/h2-24,34H,1H3,(H,39,44)(H,40,43)(H,41,42,45)/b32-21-. The van der Waals surface area contributed by atoms with Gasteiger partial charge in [-0.25, -0.2) is 4.98 Å². The molecule has 1 unspecified atom stereocenters. The Morgan fingerprint density at radius 2 is 1.59 bits per heavy atom. The third-order valence-corrected chi connectivity index (χ3v) is 9.91. The van der Waals surface area contributed by atoms with Gasteiger partial charge < -0.3 is 20.7 Å². The Bertz CT molecular complexity index is 2060. The van der Waals surface area contributed by atoms with E-state index in [0.717, 1.165) is 33.0 Å². The van der Waals surface area contributed by atoms with Crippen molar-refractivity contribution in [2.24, 2.45) is 0 Å². The van der Waals surface area contributed by atoms with Crippen LogP contribution in [0.25, 0.3) is 17.3 Å². The molecule has 0 radical (unpaired) electrons. The van der Waals surface area contributed by atoms with E-state index in [1.807, 2.05) is 95.0 Å². The molecule has 0 spiro atoms. The number of ether oxygens (including phenoxy) is 1. The first-order valence-electron chi connectivity index (χ1n) is 15.1. The minimum atomic E-state index is -0.570. The molecule has 0 saturated carbocycles. The van der Waals surface area contributed by atoms with E-state index in [1.54, 1.807) is 49.6 Å². The maximum atomic E-state index is 13.7. The molecule has 0 saturated heterocycles. The number of benzene rings is 4. The molecule has 2 heterocycles. The summed E-state index contributed by atoms with van der Waals surface area (Å²) in [4.78, 5) is 45.4. The number of thioether (sulfide) groups is 1. The van der Waals surface area contributed by atoms with Crippen molar-refractivity contribution in [2.75, 3.05) is 17.7 Å². The minimum absolute atomic E-state index is 0.114. The number of anilines is 2. The van der Waals surface area contributed by atoms with E-state index in [1.165, 1.54) is 34.4 Å². The van der Waals surface area contributed by atoms with Gasteiger partial charge >= 0.3 is 0 Å². The lowest BCUT2D eigenvalue weighted by molar-refractivity contribution is -0.116. The van der Waals surface area contributed by atoms with Crippen molar-refractivity contribution in [3.05, 3.63) is 154 Å². The zero-order valence-corrected chi connectivity index (χ0v) is 28.6. The van der Waals surface area contributed by atoms with Crippen LogP contribution in [-0.4, -0.2) is 29.8 Å². The number of carbonyl (C=O) groups is 3. The molecule has 49 heavy (non-hydrogen) atoms. The molecule has 2 aromatic heterocycles. The molecular formula is C38H30N4O4S3. The van der Waals surface area contributed by atoms with Crippen molar-refractivity contribution in [1.29, 1.82) is 0 Å². The number of carbonyl (C=O) groups excluding carboxylic acids is 3. The fourth-order valence-electron chi connectivity index (χ4n) is 4.74. The third-order valence-electron chi connectivity index (χ3n) is 7.19. The molecule has 6 aromatic rings. The summed E-state index contributed by atoms with van der Waals surface area (Å²) in [6.45, 7) is 0. The highest BCUT2D eigenvalue weighted by molar-refractivity contribution is 8.00. The fourth-order valence-corrected chi connectivity index (χ4v) is 7.10. The van der Waals surface area contributed by atoms with Crippen molar-refractivity contribution >= 4 is 69.1 Å². The maximum absolute atomic E-state index is 13.7. The highest BCUT2D eigenvalue weighted by Crippen LogP contribution is 2.37. The smallest absolute Gasteiger partial charge is 0.272 e. The van der Waals surface area contributed by atoms with Gasteiger partial charge in [0.25, 0.3) is 11.8 Å². The van der Waals surface area contributed by atoms with Crippen molar-refractivity contribution in [1.82, 2.24) is 10.3 Å². The molecular weight excluding hydrogens is 673 g/mol. The van der Waals surface area contributed by atoms with E-state index in [-0.39, 0.29) is 17.5 Å². The molecule has 0 bridgehead atoms. The number of nitrogens with one attached hydrogen (secondary N) is 3. The van der Waals surface area contributed by atoms with E-state index in [0.29, 0.717) is 16.4 Å². The molecule has 4 aromatic carbocycles. The lowest BCUT2D eigenvalue weighted by Gasteiger charge is -2.17. The van der Waals surface area contributed by atoms with Gasteiger partial charge in [0.05, 0.1) is 12.8 Å². The molecule has 3 amide bonds. The van der Waals surface area contributed by atoms with Crippen LogP contribution < -0.4 is 20.7 Å². The number of thiophene rings is 1. The van der Waals surface area contributed by atoms with Crippen molar-refractivity contribution in [2.45, 2.75) is 10.1 Å². The topological polar surface area (TPSA) is 109 Å². The summed E-state index contributed by atoms with van der Waals surface area (Å²) < 4.78 is 5.33. The first kappa shape index (κ1) is 33.4. The Morgan fingerprint density at radius 3 is 2.31 bits per heavy atom. The van der Waals surface area contributed by atoms with Gasteiger partial charge in [0, 0.05) is 27.1 Å². The Balaban J connectivity index is 1.15. The van der Waals surface area contributed by atoms with E-state index < -0.39 is 11.2 Å². The summed E-state index contributed by atoms with van der Waals surface area (Å²) in [5.41, 5.74) is 4.37. The summed E-state index contributed by atoms with van der Waals surface area (Å²) in [7, 11) is 1.62. The molecule has 6 rings (SSSR count). The predicted molar refractivity (Wildman–Crippen MR) is 199 cm³/mol. The Hall–Kier alpha value is -5.49. The molecule has 8 nitrogen and oxygen atoms in total. The highest BCUT2D eigenvalue weighted by atomic mass is 32.2. The molecule has 11 heteroatoms. The molecule has 244 valence electrons. The van der Waals surface area contributed by atoms with Crippen LogP contribution in [0.3, 0.4) is 0 Å². The Kier molecular flexibility index (Phi) is 11.0. The summed E-state index contributed by atoms with van der Waals surface area (Å²) in [6.07, 6.45) is 1.64. The average Bonchev–Trinajstić information content (AvgIpc) is 3.84.